The van der Waals surface area contributed by atoms with Gasteiger partial charge in [-0.15, -0.1) is 0 Å². The second-order valence-corrected chi connectivity index (χ2v) is 6.82. The van der Waals surface area contributed by atoms with Crippen LogP contribution in [-0.2, 0) is 6.54 Å². The van der Waals surface area contributed by atoms with E-state index in [1.807, 2.05) is 78.5 Å². The monoisotopic (exact) mass is 407 g/mol. The van der Waals surface area contributed by atoms with Crippen LogP contribution in [0.15, 0.2) is 71.9 Å². The first-order chi connectivity index (χ1) is 14.7. The van der Waals surface area contributed by atoms with Crippen LogP contribution in [0.1, 0.15) is 24.1 Å². The van der Waals surface area contributed by atoms with Gasteiger partial charge in [-0.1, -0.05) is 30.3 Å². The zero-order chi connectivity index (χ0) is 21.2. The maximum atomic E-state index is 9.75. The Hall–Kier alpha value is -3.32. The molecule has 7 heteroatoms. The number of aliphatic imine (C=N–C) groups is 1. The smallest absolute Gasteiger partial charge is 0.191 e. The number of methoxy groups -OCH3 is 1. The second-order valence-electron chi connectivity index (χ2n) is 6.82. The third-order valence-corrected chi connectivity index (χ3v) is 4.73. The molecule has 0 aliphatic rings. The molecule has 0 radical (unpaired) electrons. The van der Waals surface area contributed by atoms with Gasteiger partial charge in [0.25, 0.3) is 0 Å². The van der Waals surface area contributed by atoms with Crippen molar-refractivity contribution in [2.45, 2.75) is 19.4 Å². The molecule has 0 spiro atoms. The van der Waals surface area contributed by atoms with Crippen LogP contribution in [0.5, 0.6) is 5.75 Å². The maximum absolute atomic E-state index is 9.75. The summed E-state index contributed by atoms with van der Waals surface area (Å²) in [4.78, 5) is 4.63. The molecule has 158 valence electrons. The van der Waals surface area contributed by atoms with E-state index in [1.165, 1.54) is 0 Å². The Morgan fingerprint density at radius 2 is 1.87 bits per heavy atom. The van der Waals surface area contributed by atoms with Crippen molar-refractivity contribution in [2.75, 3.05) is 26.8 Å². The van der Waals surface area contributed by atoms with Crippen molar-refractivity contribution in [1.29, 1.82) is 0 Å². The Labute approximate surface area is 177 Å². The zero-order valence-electron chi connectivity index (χ0n) is 17.5. The summed E-state index contributed by atoms with van der Waals surface area (Å²) in [5, 5.41) is 20.9. The number of nitrogens with zero attached hydrogens (tertiary/aromatic N) is 3. The lowest BCUT2D eigenvalue weighted by atomic mass is 10.0. The van der Waals surface area contributed by atoms with Crippen LogP contribution in [-0.4, -0.2) is 47.7 Å². The highest BCUT2D eigenvalue weighted by Gasteiger charge is 2.11. The molecule has 3 aromatic rings. The molecule has 0 fully saturated rings. The fraction of sp³-hybridized carbons (Fsp3) is 0.304. The van der Waals surface area contributed by atoms with E-state index in [9.17, 15) is 5.11 Å². The molecule has 7 nitrogen and oxygen atoms in total. The first kappa shape index (κ1) is 21.4. The number of benzene rings is 2. The van der Waals surface area contributed by atoms with E-state index < -0.39 is 0 Å². The van der Waals surface area contributed by atoms with Gasteiger partial charge in [0.2, 0.25) is 0 Å². The van der Waals surface area contributed by atoms with Crippen molar-refractivity contribution in [3.63, 3.8) is 0 Å². The molecule has 3 rings (SSSR count). The van der Waals surface area contributed by atoms with Gasteiger partial charge in [0.15, 0.2) is 5.96 Å². The van der Waals surface area contributed by atoms with Gasteiger partial charge in [-0.2, -0.15) is 5.10 Å². The lowest BCUT2D eigenvalue weighted by molar-refractivity contribution is 0.265. The van der Waals surface area contributed by atoms with E-state index in [0.29, 0.717) is 19.0 Å². The van der Waals surface area contributed by atoms with Gasteiger partial charge in [-0.3, -0.25) is 0 Å². The molecule has 30 heavy (non-hydrogen) atoms. The van der Waals surface area contributed by atoms with Gasteiger partial charge < -0.3 is 20.5 Å². The minimum atomic E-state index is 0.00402. The van der Waals surface area contributed by atoms with E-state index in [0.717, 1.165) is 29.2 Å². The molecule has 0 saturated carbocycles. The highest BCUT2D eigenvalue weighted by atomic mass is 16.5. The lowest BCUT2D eigenvalue weighted by Gasteiger charge is -2.18. The van der Waals surface area contributed by atoms with Gasteiger partial charge >= 0.3 is 0 Å². The number of aromatic nitrogens is 2. The number of aliphatic hydroxyl groups excluding tert-OH is 1. The average molecular weight is 408 g/mol. The normalized spacial score (nSPS) is 12.4. The molecule has 1 heterocycles. The topological polar surface area (TPSA) is 83.7 Å². The molecule has 2 aromatic carbocycles. The quantitative estimate of drug-likeness (QED) is 0.375. The molecule has 0 amide bonds. The van der Waals surface area contributed by atoms with Crippen molar-refractivity contribution in [3.8, 4) is 11.4 Å². The Morgan fingerprint density at radius 1 is 1.10 bits per heavy atom. The lowest BCUT2D eigenvalue weighted by Crippen LogP contribution is -2.39. The van der Waals surface area contributed by atoms with E-state index in [1.54, 1.807) is 7.11 Å². The van der Waals surface area contributed by atoms with Gasteiger partial charge in [-0.25, -0.2) is 9.67 Å². The molecular formula is C23H29N5O2. The third-order valence-electron chi connectivity index (χ3n) is 4.73. The molecule has 3 N–H and O–H groups in total. The molecule has 0 aliphatic carbocycles. The first-order valence-electron chi connectivity index (χ1n) is 10.1. The largest absolute Gasteiger partial charge is 0.497 e. The van der Waals surface area contributed by atoms with Crippen LogP contribution < -0.4 is 15.4 Å². The molecule has 0 aliphatic heterocycles. The summed E-state index contributed by atoms with van der Waals surface area (Å²) in [6.45, 7) is 3.89. The summed E-state index contributed by atoms with van der Waals surface area (Å²) in [7, 11) is 1.65. The maximum Gasteiger partial charge on any atom is 0.191 e. The van der Waals surface area contributed by atoms with Gasteiger partial charge in [0, 0.05) is 25.2 Å². The number of rotatable bonds is 9. The van der Waals surface area contributed by atoms with Crippen LogP contribution in [0.3, 0.4) is 0 Å². The van der Waals surface area contributed by atoms with Crippen molar-refractivity contribution < 1.29 is 9.84 Å². The summed E-state index contributed by atoms with van der Waals surface area (Å²) in [6, 6.07) is 19.7. The van der Waals surface area contributed by atoms with Crippen LogP contribution in [0, 0.1) is 0 Å². The number of ether oxygens (including phenoxy) is 1. The number of nitrogens with one attached hydrogen (secondary N) is 2. The van der Waals surface area contributed by atoms with Crippen LogP contribution in [0.4, 0.5) is 0 Å². The fourth-order valence-corrected chi connectivity index (χ4v) is 3.06. The van der Waals surface area contributed by atoms with Crippen LogP contribution in [0.25, 0.3) is 5.69 Å². The molecule has 0 saturated heterocycles. The Bertz CT molecular complexity index is 922. The van der Waals surface area contributed by atoms with Crippen LogP contribution >= 0.6 is 0 Å². The summed E-state index contributed by atoms with van der Waals surface area (Å²) < 4.78 is 7.02. The standard InChI is InChI=1S/C23H29N5O2/c1-3-24-23(25-15-19(17-29)18-7-5-4-6-8-18)26-16-20-13-14-28(27-20)21-9-11-22(30-2)12-10-21/h4-14,19,29H,3,15-17H2,1-2H3,(H2,24,25,26). The predicted octanol–water partition coefficient (Wildman–Crippen LogP) is 2.71. The zero-order valence-corrected chi connectivity index (χ0v) is 17.5. The second kappa shape index (κ2) is 11.0. The van der Waals surface area contributed by atoms with E-state index in [4.69, 9.17) is 4.74 Å². The van der Waals surface area contributed by atoms with Crippen molar-refractivity contribution in [3.05, 3.63) is 78.1 Å². The number of hydrogen-bond acceptors (Lipinski definition) is 4. The average Bonchev–Trinajstić information content (AvgIpc) is 3.27. The number of hydrogen-bond donors (Lipinski definition) is 3. The third kappa shape index (κ3) is 5.84. The summed E-state index contributed by atoms with van der Waals surface area (Å²) >= 11 is 0. The van der Waals surface area contributed by atoms with E-state index in [-0.39, 0.29) is 12.5 Å². The van der Waals surface area contributed by atoms with E-state index in [2.05, 4.69) is 20.7 Å². The van der Waals surface area contributed by atoms with Crippen molar-refractivity contribution in [2.24, 2.45) is 4.99 Å². The Kier molecular flexibility index (Phi) is 7.86. The highest BCUT2D eigenvalue weighted by Crippen LogP contribution is 2.15. The summed E-state index contributed by atoms with van der Waals surface area (Å²) in [5.41, 5.74) is 2.93. The van der Waals surface area contributed by atoms with Crippen LogP contribution in [0.2, 0.25) is 0 Å². The van der Waals surface area contributed by atoms with Crippen molar-refractivity contribution in [1.82, 2.24) is 20.4 Å². The van der Waals surface area contributed by atoms with Gasteiger partial charge in [-0.05, 0) is 42.8 Å². The Balaban J connectivity index is 1.62. The number of guanidine groups is 1. The molecular weight excluding hydrogens is 378 g/mol. The SMILES string of the molecule is CCNC(=NCc1ccn(-c2ccc(OC)cc2)n1)NCC(CO)c1ccccc1. The molecule has 1 unspecified atom stereocenters. The van der Waals surface area contributed by atoms with Gasteiger partial charge in [0.05, 0.1) is 31.6 Å². The minimum absolute atomic E-state index is 0.00402. The predicted molar refractivity (Wildman–Crippen MR) is 119 cm³/mol. The highest BCUT2D eigenvalue weighted by molar-refractivity contribution is 5.79. The Morgan fingerprint density at radius 3 is 2.53 bits per heavy atom. The first-order valence-corrected chi connectivity index (χ1v) is 10.1. The minimum Gasteiger partial charge on any atom is -0.497 e. The molecule has 1 atom stereocenters. The van der Waals surface area contributed by atoms with Crippen molar-refractivity contribution >= 4 is 5.96 Å². The number of aliphatic hydroxyl groups is 1. The summed E-state index contributed by atoms with van der Waals surface area (Å²) in [5.74, 6) is 1.52. The fourth-order valence-electron chi connectivity index (χ4n) is 3.06. The van der Waals surface area contributed by atoms with Gasteiger partial charge in [0.1, 0.15) is 5.75 Å². The summed E-state index contributed by atoms with van der Waals surface area (Å²) in [6.07, 6.45) is 1.92. The van der Waals surface area contributed by atoms with E-state index >= 15 is 0 Å². The molecule has 1 aromatic heterocycles. The molecule has 0 bridgehead atoms.